The fourth-order valence-electron chi connectivity index (χ4n) is 3.41. The van der Waals surface area contributed by atoms with Crippen LogP contribution in [0.15, 0.2) is 23.0 Å². The zero-order valence-electron chi connectivity index (χ0n) is 21.9. The van der Waals surface area contributed by atoms with Gasteiger partial charge < -0.3 is 15.7 Å². The first-order chi connectivity index (χ1) is 15.3. The van der Waals surface area contributed by atoms with Crippen LogP contribution in [-0.2, 0) is 9.59 Å². The summed E-state index contributed by atoms with van der Waals surface area (Å²) in [7, 11) is 0. The Balaban J connectivity index is 0. The van der Waals surface area contributed by atoms with E-state index in [1.54, 1.807) is 13.0 Å². The van der Waals surface area contributed by atoms with Gasteiger partial charge in [-0.3, -0.25) is 4.79 Å². The van der Waals surface area contributed by atoms with Crippen LogP contribution in [-0.4, -0.2) is 29.9 Å². The Labute approximate surface area is 198 Å². The third-order valence-electron chi connectivity index (χ3n) is 5.34. The molecule has 0 aromatic heterocycles. The first kappa shape index (κ1) is 32.4. The average Bonchev–Trinajstić information content (AvgIpc) is 2.72. The van der Waals surface area contributed by atoms with Gasteiger partial charge in [-0.05, 0) is 46.1 Å². The van der Waals surface area contributed by atoms with Gasteiger partial charge in [0, 0.05) is 24.5 Å². The van der Waals surface area contributed by atoms with E-state index in [4.69, 9.17) is 5.11 Å². The molecule has 3 N–H and O–H groups in total. The Bertz CT molecular complexity index is 539. The number of hydrogen-bond acceptors (Lipinski definition) is 4. The SMILES string of the molecule is CCCCCCCCNC(C)=C(CC)C(=O)O.CCCCCCCCNC(C)=CC(C)=O. The molecule has 0 heterocycles. The molecule has 0 bridgehead atoms. The van der Waals surface area contributed by atoms with Gasteiger partial charge in [0.1, 0.15) is 0 Å². The number of carbonyl (C=O) groups is 2. The topological polar surface area (TPSA) is 78.4 Å². The lowest BCUT2D eigenvalue weighted by Gasteiger charge is -2.09. The number of aliphatic carboxylic acids is 1. The Morgan fingerprint density at radius 1 is 0.688 bits per heavy atom. The van der Waals surface area contributed by atoms with Gasteiger partial charge >= 0.3 is 5.97 Å². The molecule has 5 heteroatoms. The number of unbranched alkanes of at least 4 members (excludes halogenated alkanes) is 10. The average molecular weight is 453 g/mol. The van der Waals surface area contributed by atoms with Crippen LogP contribution < -0.4 is 10.6 Å². The van der Waals surface area contributed by atoms with Crippen molar-refractivity contribution >= 4 is 11.8 Å². The quantitative estimate of drug-likeness (QED) is 0.143. The summed E-state index contributed by atoms with van der Waals surface area (Å²) in [5, 5.41) is 15.4. The first-order valence-electron chi connectivity index (χ1n) is 12.9. The normalized spacial score (nSPS) is 11.9. The Kier molecular flexibility index (Phi) is 24.2. The van der Waals surface area contributed by atoms with Crippen molar-refractivity contribution in [3.05, 3.63) is 23.0 Å². The van der Waals surface area contributed by atoms with Crippen molar-refractivity contribution < 1.29 is 14.7 Å². The van der Waals surface area contributed by atoms with E-state index >= 15 is 0 Å². The van der Waals surface area contributed by atoms with Crippen molar-refractivity contribution in [1.29, 1.82) is 0 Å². The van der Waals surface area contributed by atoms with Gasteiger partial charge in [0.25, 0.3) is 0 Å². The van der Waals surface area contributed by atoms with E-state index in [0.717, 1.165) is 30.9 Å². The van der Waals surface area contributed by atoms with Gasteiger partial charge in [-0.25, -0.2) is 4.79 Å². The molecule has 0 aromatic rings. The molecule has 0 spiro atoms. The molecule has 0 amide bonds. The molecule has 0 atom stereocenters. The van der Waals surface area contributed by atoms with Crippen LogP contribution in [0.5, 0.6) is 0 Å². The molecule has 0 fully saturated rings. The van der Waals surface area contributed by atoms with E-state index in [0.29, 0.717) is 12.0 Å². The third kappa shape index (κ3) is 22.9. The Morgan fingerprint density at radius 2 is 1.12 bits per heavy atom. The summed E-state index contributed by atoms with van der Waals surface area (Å²) in [5.41, 5.74) is 2.29. The summed E-state index contributed by atoms with van der Waals surface area (Å²) in [5.74, 6) is -0.691. The standard InChI is InChI=1S/C14H27NO2.C13H25NO/c1-4-6-7-8-9-10-11-15-12(3)13(5-2)14(16)17;1-4-5-6-7-8-9-10-14-12(2)11-13(3)15/h15H,4-11H2,1-3H3,(H,16,17);11,14H,4-10H2,1-3H3. The fourth-order valence-corrected chi connectivity index (χ4v) is 3.41. The van der Waals surface area contributed by atoms with Gasteiger partial charge in [-0.15, -0.1) is 0 Å². The summed E-state index contributed by atoms with van der Waals surface area (Å²) < 4.78 is 0. The minimum atomic E-state index is -0.805. The van der Waals surface area contributed by atoms with Crippen molar-refractivity contribution in [2.75, 3.05) is 13.1 Å². The van der Waals surface area contributed by atoms with Crippen LogP contribution in [0.2, 0.25) is 0 Å². The minimum Gasteiger partial charge on any atom is -0.478 e. The summed E-state index contributed by atoms with van der Waals surface area (Å²) in [6.45, 7) is 13.6. The van der Waals surface area contributed by atoms with Gasteiger partial charge in [0.2, 0.25) is 0 Å². The predicted molar refractivity (Wildman–Crippen MR) is 138 cm³/mol. The molecule has 188 valence electrons. The first-order valence-corrected chi connectivity index (χ1v) is 12.9. The van der Waals surface area contributed by atoms with Gasteiger partial charge in [0.15, 0.2) is 5.78 Å². The highest BCUT2D eigenvalue weighted by molar-refractivity contribution is 5.87. The maximum Gasteiger partial charge on any atom is 0.333 e. The zero-order chi connectivity index (χ0) is 24.6. The maximum absolute atomic E-state index is 10.9. The van der Waals surface area contributed by atoms with E-state index in [9.17, 15) is 9.59 Å². The van der Waals surface area contributed by atoms with Gasteiger partial charge in [0.05, 0.1) is 5.57 Å². The molecule has 5 nitrogen and oxygen atoms in total. The van der Waals surface area contributed by atoms with E-state index in [1.165, 1.54) is 70.6 Å². The molecule has 0 aromatic carbocycles. The van der Waals surface area contributed by atoms with Crippen LogP contribution >= 0.6 is 0 Å². The summed E-state index contributed by atoms with van der Waals surface area (Å²) in [6.07, 6.45) is 17.6. The summed E-state index contributed by atoms with van der Waals surface area (Å²) in [6, 6.07) is 0. The molecule has 0 aliphatic heterocycles. The monoisotopic (exact) mass is 452 g/mol. The predicted octanol–water partition coefficient (Wildman–Crippen LogP) is 7.13. The van der Waals surface area contributed by atoms with Crippen molar-refractivity contribution in [2.24, 2.45) is 0 Å². The number of carboxylic acids is 1. The Morgan fingerprint density at radius 3 is 1.53 bits per heavy atom. The lowest BCUT2D eigenvalue weighted by molar-refractivity contribution is -0.132. The number of carboxylic acid groups (broad SMARTS) is 1. The zero-order valence-corrected chi connectivity index (χ0v) is 21.9. The molecule has 0 saturated heterocycles. The highest BCUT2D eigenvalue weighted by atomic mass is 16.4. The van der Waals surface area contributed by atoms with Gasteiger partial charge in [-0.2, -0.15) is 0 Å². The lowest BCUT2D eigenvalue weighted by atomic mass is 10.1. The molecule has 0 aliphatic rings. The van der Waals surface area contributed by atoms with E-state index in [2.05, 4.69) is 24.5 Å². The number of carbonyl (C=O) groups excluding carboxylic acids is 1. The molecule has 0 radical (unpaired) electrons. The van der Waals surface area contributed by atoms with E-state index < -0.39 is 5.97 Å². The smallest absolute Gasteiger partial charge is 0.333 e. The number of nitrogens with one attached hydrogen (secondary N) is 2. The largest absolute Gasteiger partial charge is 0.478 e. The van der Waals surface area contributed by atoms with E-state index in [-0.39, 0.29) is 5.78 Å². The van der Waals surface area contributed by atoms with Crippen LogP contribution in [0.3, 0.4) is 0 Å². The number of ketones is 1. The second-order valence-corrected chi connectivity index (χ2v) is 8.59. The highest BCUT2D eigenvalue weighted by Crippen LogP contribution is 2.08. The second-order valence-electron chi connectivity index (χ2n) is 8.59. The fraction of sp³-hybridized carbons (Fsp3) is 0.778. The molecule has 0 rings (SSSR count). The van der Waals surface area contributed by atoms with Crippen LogP contribution in [0.4, 0.5) is 0 Å². The number of rotatable bonds is 19. The van der Waals surface area contributed by atoms with Crippen molar-refractivity contribution in [3.8, 4) is 0 Å². The van der Waals surface area contributed by atoms with Crippen LogP contribution in [0.1, 0.15) is 125 Å². The molecule has 0 aliphatic carbocycles. The second kappa shape index (κ2) is 23.9. The van der Waals surface area contributed by atoms with Crippen molar-refractivity contribution in [1.82, 2.24) is 10.6 Å². The van der Waals surface area contributed by atoms with Crippen molar-refractivity contribution in [3.63, 3.8) is 0 Å². The summed E-state index contributed by atoms with van der Waals surface area (Å²) >= 11 is 0. The molecule has 0 saturated carbocycles. The number of allylic oxidation sites excluding steroid dienone is 3. The molecular formula is C27H52N2O3. The molecule has 0 unspecified atom stereocenters. The van der Waals surface area contributed by atoms with E-state index in [1.807, 2.05) is 20.8 Å². The third-order valence-corrected chi connectivity index (χ3v) is 5.34. The maximum atomic E-state index is 10.9. The highest BCUT2D eigenvalue weighted by Gasteiger charge is 2.08. The summed E-state index contributed by atoms with van der Waals surface area (Å²) in [4.78, 5) is 21.6. The lowest BCUT2D eigenvalue weighted by Crippen LogP contribution is -2.17. The minimum absolute atomic E-state index is 0.114. The Hall–Kier alpha value is -1.78. The van der Waals surface area contributed by atoms with Gasteiger partial charge in [-0.1, -0.05) is 85.0 Å². The molecular weight excluding hydrogens is 400 g/mol. The number of hydrogen-bond donors (Lipinski definition) is 3. The van der Waals surface area contributed by atoms with Crippen LogP contribution in [0, 0.1) is 0 Å². The van der Waals surface area contributed by atoms with Crippen molar-refractivity contribution in [2.45, 2.75) is 125 Å². The molecule has 32 heavy (non-hydrogen) atoms. The van der Waals surface area contributed by atoms with Crippen LogP contribution in [0.25, 0.3) is 0 Å².